The maximum atomic E-state index is 14.7. The Balaban J connectivity index is 1.96. The maximum Gasteiger partial charge on any atom is 0.341 e. The zero-order chi connectivity index (χ0) is 19.3. The van der Waals surface area contributed by atoms with Crippen molar-refractivity contribution in [2.24, 2.45) is 0 Å². The number of aromatic nitrogens is 1. The second kappa shape index (κ2) is 6.01. The molecule has 0 bridgehead atoms. The van der Waals surface area contributed by atoms with E-state index in [-0.39, 0.29) is 22.7 Å². The van der Waals surface area contributed by atoms with Gasteiger partial charge < -0.3 is 9.67 Å². The van der Waals surface area contributed by atoms with Gasteiger partial charge >= 0.3 is 5.97 Å². The summed E-state index contributed by atoms with van der Waals surface area (Å²) in [5.41, 5.74) is -0.171. The van der Waals surface area contributed by atoms with Crippen LogP contribution in [0.25, 0.3) is 22.0 Å². The molecule has 1 aromatic heterocycles. The van der Waals surface area contributed by atoms with Crippen molar-refractivity contribution in [3.8, 4) is 11.1 Å². The van der Waals surface area contributed by atoms with Crippen LogP contribution in [-0.4, -0.2) is 20.6 Å². The van der Waals surface area contributed by atoms with Crippen LogP contribution >= 0.6 is 0 Å². The van der Waals surface area contributed by atoms with Gasteiger partial charge in [-0.05, 0) is 42.7 Å². The third kappa shape index (κ3) is 2.84. The summed E-state index contributed by atoms with van der Waals surface area (Å²) < 4.78 is 16.4. The second-order valence-corrected chi connectivity index (χ2v) is 6.47. The van der Waals surface area contributed by atoms with Crippen molar-refractivity contribution in [1.82, 2.24) is 4.57 Å². The van der Waals surface area contributed by atoms with Gasteiger partial charge in [-0.15, -0.1) is 0 Å². The molecule has 0 amide bonds. The number of non-ortho nitro benzene ring substituents is 1. The number of aromatic carboxylic acids is 1. The smallest absolute Gasteiger partial charge is 0.341 e. The Kier molecular flexibility index (Phi) is 3.76. The number of nitro groups is 1. The molecular weight excluding hydrogens is 355 g/mol. The molecule has 0 saturated heterocycles. The van der Waals surface area contributed by atoms with Crippen LogP contribution in [0.15, 0.2) is 47.4 Å². The highest BCUT2D eigenvalue weighted by molar-refractivity contribution is 5.94. The molecule has 1 fully saturated rings. The lowest BCUT2D eigenvalue weighted by atomic mass is 10.0. The Bertz CT molecular complexity index is 1160. The number of hydrogen-bond donors (Lipinski definition) is 1. The summed E-state index contributed by atoms with van der Waals surface area (Å²) in [7, 11) is 0. The van der Waals surface area contributed by atoms with Gasteiger partial charge in [0.15, 0.2) is 0 Å². The van der Waals surface area contributed by atoms with E-state index < -0.39 is 27.7 Å². The van der Waals surface area contributed by atoms with Gasteiger partial charge in [0.25, 0.3) is 5.69 Å². The highest BCUT2D eigenvalue weighted by atomic mass is 19.1. The number of hydrogen-bond acceptors (Lipinski definition) is 4. The van der Waals surface area contributed by atoms with Gasteiger partial charge in [-0.25, -0.2) is 9.18 Å². The van der Waals surface area contributed by atoms with Gasteiger partial charge in [0.1, 0.15) is 11.4 Å². The van der Waals surface area contributed by atoms with E-state index in [4.69, 9.17) is 0 Å². The van der Waals surface area contributed by atoms with Gasteiger partial charge in [-0.3, -0.25) is 14.9 Å². The fourth-order valence-corrected chi connectivity index (χ4v) is 3.16. The Labute approximate surface area is 151 Å². The van der Waals surface area contributed by atoms with Gasteiger partial charge in [0.2, 0.25) is 5.43 Å². The van der Waals surface area contributed by atoms with Gasteiger partial charge in [0.05, 0.1) is 10.4 Å². The Morgan fingerprint density at radius 1 is 1.22 bits per heavy atom. The lowest BCUT2D eigenvalue weighted by molar-refractivity contribution is -0.384. The average Bonchev–Trinajstić information content (AvgIpc) is 3.47. The molecule has 0 spiro atoms. The number of fused-ring (bicyclic) bond motifs is 1. The normalized spacial score (nSPS) is 13.7. The molecule has 1 aliphatic rings. The highest BCUT2D eigenvalue weighted by Gasteiger charge is 2.27. The average molecular weight is 368 g/mol. The minimum Gasteiger partial charge on any atom is -0.477 e. The van der Waals surface area contributed by atoms with Crippen LogP contribution in [0, 0.1) is 15.9 Å². The third-order valence-corrected chi connectivity index (χ3v) is 4.68. The maximum absolute atomic E-state index is 14.7. The first-order valence-corrected chi connectivity index (χ1v) is 8.23. The van der Waals surface area contributed by atoms with Gasteiger partial charge in [-0.1, -0.05) is 0 Å². The van der Waals surface area contributed by atoms with Crippen molar-refractivity contribution in [2.45, 2.75) is 18.9 Å². The number of rotatable bonds is 4. The van der Waals surface area contributed by atoms with E-state index in [1.165, 1.54) is 36.5 Å². The molecule has 136 valence electrons. The molecule has 0 radical (unpaired) electrons. The Hall–Kier alpha value is -3.55. The summed E-state index contributed by atoms with van der Waals surface area (Å²) in [5, 5.41) is 20.1. The lowest BCUT2D eigenvalue weighted by Crippen LogP contribution is -2.19. The number of nitrogens with zero attached hydrogens (tertiary/aromatic N) is 2. The summed E-state index contributed by atoms with van der Waals surface area (Å²) in [6, 6.07) is 8.04. The van der Waals surface area contributed by atoms with E-state index in [1.807, 2.05) is 0 Å². The van der Waals surface area contributed by atoms with Crippen LogP contribution in [0.5, 0.6) is 0 Å². The molecule has 7 nitrogen and oxygen atoms in total. The van der Waals surface area contributed by atoms with E-state index >= 15 is 0 Å². The van der Waals surface area contributed by atoms with Crippen LogP contribution in [0.4, 0.5) is 10.1 Å². The summed E-state index contributed by atoms with van der Waals surface area (Å²) in [4.78, 5) is 34.1. The van der Waals surface area contributed by atoms with E-state index in [0.29, 0.717) is 11.1 Å². The molecule has 3 aromatic rings. The van der Waals surface area contributed by atoms with Crippen molar-refractivity contribution in [1.29, 1.82) is 0 Å². The molecule has 0 unspecified atom stereocenters. The predicted molar refractivity (Wildman–Crippen MR) is 95.5 cm³/mol. The van der Waals surface area contributed by atoms with E-state index in [2.05, 4.69) is 0 Å². The van der Waals surface area contributed by atoms with Crippen molar-refractivity contribution in [2.75, 3.05) is 0 Å². The Morgan fingerprint density at radius 3 is 2.44 bits per heavy atom. The molecule has 1 saturated carbocycles. The monoisotopic (exact) mass is 368 g/mol. The van der Waals surface area contributed by atoms with Crippen LogP contribution < -0.4 is 5.43 Å². The summed E-state index contributed by atoms with van der Waals surface area (Å²) >= 11 is 0. The topological polar surface area (TPSA) is 102 Å². The number of carboxylic acids is 1. The zero-order valence-corrected chi connectivity index (χ0v) is 13.9. The van der Waals surface area contributed by atoms with E-state index in [1.54, 1.807) is 4.57 Å². The quantitative estimate of drug-likeness (QED) is 0.558. The van der Waals surface area contributed by atoms with Crippen molar-refractivity contribution in [3.05, 3.63) is 74.3 Å². The number of halogens is 1. The minimum absolute atomic E-state index is 0.00459. The SMILES string of the molecule is O=C(O)c1cn(C2CC2)c2cc(-c3ccc([N+](=O)[O-])cc3)c(F)cc2c1=O. The molecule has 4 rings (SSSR count). The first kappa shape index (κ1) is 16.9. The number of carboxylic acid groups (broad SMARTS) is 1. The Morgan fingerprint density at radius 2 is 1.89 bits per heavy atom. The molecule has 27 heavy (non-hydrogen) atoms. The first-order valence-electron chi connectivity index (χ1n) is 8.23. The molecule has 0 atom stereocenters. The summed E-state index contributed by atoms with van der Waals surface area (Å²) in [6.07, 6.45) is 3.00. The number of nitro benzene ring substituents is 1. The second-order valence-electron chi connectivity index (χ2n) is 6.47. The molecule has 1 aliphatic carbocycles. The molecule has 8 heteroatoms. The zero-order valence-electron chi connectivity index (χ0n) is 13.9. The van der Waals surface area contributed by atoms with E-state index in [0.717, 1.165) is 18.9 Å². The summed E-state index contributed by atoms with van der Waals surface area (Å²) in [5.74, 6) is -2.05. The lowest BCUT2D eigenvalue weighted by Gasteiger charge is -2.13. The van der Waals surface area contributed by atoms with Crippen LogP contribution in [0.1, 0.15) is 29.2 Å². The standard InChI is InChI=1S/C19H13FN2O5/c20-16-7-14-17(8-13(16)10-1-3-12(4-2-10)22(26)27)21(11-5-6-11)9-15(18(14)23)19(24)25/h1-4,7-9,11H,5-6H2,(H,24,25). The number of carbonyl (C=O) groups is 1. The van der Waals surface area contributed by atoms with Crippen LogP contribution in [0.3, 0.4) is 0 Å². The fraction of sp³-hybridized carbons (Fsp3) is 0.158. The van der Waals surface area contributed by atoms with Gasteiger partial charge in [0, 0.05) is 35.3 Å². The van der Waals surface area contributed by atoms with Gasteiger partial charge in [-0.2, -0.15) is 0 Å². The molecule has 2 aromatic carbocycles. The van der Waals surface area contributed by atoms with Crippen molar-refractivity contribution >= 4 is 22.6 Å². The number of benzene rings is 2. The molecule has 0 aliphatic heterocycles. The van der Waals surface area contributed by atoms with Crippen LogP contribution in [0.2, 0.25) is 0 Å². The highest BCUT2D eigenvalue weighted by Crippen LogP contribution is 2.38. The van der Waals surface area contributed by atoms with Crippen LogP contribution in [-0.2, 0) is 0 Å². The fourth-order valence-electron chi connectivity index (χ4n) is 3.16. The van der Waals surface area contributed by atoms with E-state index in [9.17, 15) is 29.2 Å². The summed E-state index contributed by atoms with van der Waals surface area (Å²) in [6.45, 7) is 0. The van der Waals surface area contributed by atoms with Crippen molar-refractivity contribution in [3.63, 3.8) is 0 Å². The molecule has 1 heterocycles. The largest absolute Gasteiger partial charge is 0.477 e. The number of pyridine rings is 1. The first-order chi connectivity index (χ1) is 12.9. The molecular formula is C19H13FN2O5. The van der Waals surface area contributed by atoms with Crippen molar-refractivity contribution < 1.29 is 19.2 Å². The third-order valence-electron chi connectivity index (χ3n) is 4.68. The molecule has 1 N–H and O–H groups in total. The minimum atomic E-state index is -1.35. The predicted octanol–water partition coefficient (Wildman–Crippen LogP) is 3.75.